The molecular formula is C49H72N4O4. The number of rotatable bonds is 16. The fourth-order valence-corrected chi connectivity index (χ4v) is 11.2. The van der Waals surface area contributed by atoms with Crippen LogP contribution in [0.25, 0.3) is 5.57 Å². The summed E-state index contributed by atoms with van der Waals surface area (Å²) in [6.45, 7) is 9.77. The number of nitrogens with zero attached hydrogens (tertiary/aromatic N) is 3. The van der Waals surface area contributed by atoms with E-state index < -0.39 is 5.41 Å². The first-order valence-electron chi connectivity index (χ1n) is 23.5. The zero-order valence-corrected chi connectivity index (χ0v) is 35.8. The quantitative estimate of drug-likeness (QED) is 0.163. The van der Waals surface area contributed by atoms with Crippen molar-refractivity contribution in [1.82, 2.24) is 5.01 Å². The highest BCUT2D eigenvalue weighted by atomic mass is 16.3. The number of ketones is 1. The van der Waals surface area contributed by atoms with Gasteiger partial charge in [0.1, 0.15) is 5.76 Å². The van der Waals surface area contributed by atoms with Gasteiger partial charge in [0.15, 0.2) is 0 Å². The molecule has 1 aromatic carbocycles. The summed E-state index contributed by atoms with van der Waals surface area (Å²) in [5.41, 5.74) is 2.69. The normalized spacial score (nSPS) is 23.2. The van der Waals surface area contributed by atoms with Crippen LogP contribution >= 0.6 is 0 Å². The highest BCUT2D eigenvalue weighted by Gasteiger charge is 2.48. The van der Waals surface area contributed by atoms with Crippen LogP contribution in [0.15, 0.2) is 40.2 Å². The van der Waals surface area contributed by atoms with E-state index in [-0.39, 0.29) is 40.5 Å². The molecule has 2 N–H and O–H groups in total. The lowest BCUT2D eigenvalue weighted by Gasteiger charge is -2.41. The maximum atomic E-state index is 14.9. The minimum atomic E-state index is -0.621. The van der Waals surface area contributed by atoms with E-state index in [4.69, 9.17) is 5.10 Å². The van der Waals surface area contributed by atoms with Gasteiger partial charge in [-0.1, -0.05) is 111 Å². The highest BCUT2D eigenvalue weighted by Crippen LogP contribution is 2.46. The number of hydrazone groups is 1. The van der Waals surface area contributed by atoms with E-state index in [1.54, 1.807) is 0 Å². The van der Waals surface area contributed by atoms with Crippen molar-refractivity contribution in [2.45, 2.75) is 181 Å². The highest BCUT2D eigenvalue weighted by molar-refractivity contribution is 6.44. The molecule has 57 heavy (non-hydrogen) atoms. The number of carbonyl (C=O) groups is 3. The predicted molar refractivity (Wildman–Crippen MR) is 232 cm³/mol. The van der Waals surface area contributed by atoms with Gasteiger partial charge >= 0.3 is 0 Å². The number of anilines is 2. The lowest BCUT2D eigenvalue weighted by atomic mass is 9.73. The number of hydrogen-bond donors (Lipinski definition) is 2. The third kappa shape index (κ3) is 9.10. The molecule has 1 heterocycles. The molecule has 4 fully saturated rings. The minimum absolute atomic E-state index is 0.0365. The summed E-state index contributed by atoms with van der Waals surface area (Å²) in [6.07, 6.45) is 26.6. The number of aliphatic hydroxyl groups excluding tert-OH is 1. The smallest absolute Gasteiger partial charge is 0.277 e. The van der Waals surface area contributed by atoms with E-state index in [9.17, 15) is 19.5 Å². The minimum Gasteiger partial charge on any atom is -0.506 e. The molecule has 1 aliphatic heterocycles. The lowest BCUT2D eigenvalue weighted by Crippen LogP contribution is -2.46. The summed E-state index contributed by atoms with van der Waals surface area (Å²) in [7, 11) is 0. The van der Waals surface area contributed by atoms with Gasteiger partial charge in [0.05, 0.1) is 34.2 Å². The predicted octanol–water partition coefficient (Wildman–Crippen LogP) is 11.7. The number of hydrogen-bond acceptors (Lipinski definition) is 6. The Balaban J connectivity index is 1.24. The van der Waals surface area contributed by atoms with Crippen molar-refractivity contribution in [3.05, 3.63) is 40.7 Å². The Hall–Kier alpha value is -3.42. The molecule has 0 unspecified atom stereocenters. The molecule has 0 radical (unpaired) electrons. The SMILES string of the molecule is CCN(CCCC1CCCC1)c1ccc(C2=C(O)/C(=C3/C(=O)N(C(C4CCCCC4)C4CCCCC4)N=C3CCC3CCCC3)C2=O)c(NC(=O)C(C)(C)CC)c1. The Labute approximate surface area is 343 Å². The van der Waals surface area contributed by atoms with Gasteiger partial charge in [-0.3, -0.25) is 14.4 Å². The molecule has 7 rings (SSSR count). The standard InChI is InChI=1S/C49H72N4O4/c1-5-49(3,4)48(57)50-40-32-37(52(6-2)31-17-22-33-18-13-14-19-33)28-29-38(40)41-45(54)43(46(41)55)42-39(30-27-34-20-15-16-21-34)51-53(47(42)56)44(35-23-9-7-10-24-35)36-25-11-8-12-26-36/h28-29,32-36,44,54H,5-27,30-31H2,1-4H3,(H,50,57)/b43-42-. The van der Waals surface area contributed by atoms with Crippen LogP contribution in [0.1, 0.15) is 181 Å². The summed E-state index contributed by atoms with van der Waals surface area (Å²) in [5, 5.41) is 22.3. The zero-order valence-electron chi connectivity index (χ0n) is 35.8. The van der Waals surface area contributed by atoms with E-state index in [0.717, 1.165) is 63.2 Å². The second-order valence-corrected chi connectivity index (χ2v) is 19.3. The summed E-state index contributed by atoms with van der Waals surface area (Å²) < 4.78 is 0. The van der Waals surface area contributed by atoms with Crippen molar-refractivity contribution in [2.75, 3.05) is 23.3 Å². The molecule has 0 bridgehead atoms. The topological polar surface area (TPSA) is 102 Å². The number of amides is 2. The van der Waals surface area contributed by atoms with Crippen LogP contribution in [-0.2, 0) is 14.4 Å². The second-order valence-electron chi connectivity index (χ2n) is 19.3. The van der Waals surface area contributed by atoms with E-state index in [1.807, 2.05) is 44.0 Å². The zero-order chi connectivity index (χ0) is 40.1. The number of carbonyl (C=O) groups excluding carboxylic acids is 3. The van der Waals surface area contributed by atoms with E-state index in [2.05, 4.69) is 17.1 Å². The molecule has 2 amide bonds. The van der Waals surface area contributed by atoms with Gasteiger partial charge in [0, 0.05) is 29.8 Å². The van der Waals surface area contributed by atoms with Crippen LogP contribution < -0.4 is 10.2 Å². The molecule has 1 aromatic rings. The first kappa shape index (κ1) is 41.7. The molecule has 0 atom stereocenters. The molecule has 8 nitrogen and oxygen atoms in total. The molecule has 6 aliphatic rings. The average Bonchev–Trinajstić information content (AvgIpc) is 4.01. The van der Waals surface area contributed by atoms with E-state index in [0.29, 0.717) is 53.1 Å². The Bertz CT molecular complexity index is 1700. The molecule has 5 aliphatic carbocycles. The largest absolute Gasteiger partial charge is 0.506 e. The molecule has 0 saturated heterocycles. The Morgan fingerprint density at radius 2 is 1.40 bits per heavy atom. The summed E-state index contributed by atoms with van der Waals surface area (Å²) in [5.74, 6) is 1.46. The Morgan fingerprint density at radius 1 is 0.825 bits per heavy atom. The number of allylic oxidation sites excluding steroid dienone is 2. The van der Waals surface area contributed by atoms with Crippen molar-refractivity contribution in [2.24, 2.45) is 34.2 Å². The van der Waals surface area contributed by atoms with E-state index >= 15 is 0 Å². The molecule has 0 aromatic heterocycles. The van der Waals surface area contributed by atoms with Crippen molar-refractivity contribution < 1.29 is 19.5 Å². The van der Waals surface area contributed by atoms with Crippen molar-refractivity contribution in [3.63, 3.8) is 0 Å². The maximum absolute atomic E-state index is 14.9. The molecule has 312 valence electrons. The molecule has 8 heteroatoms. The van der Waals surface area contributed by atoms with Gasteiger partial charge in [-0.15, -0.1) is 0 Å². The number of benzene rings is 1. The fraction of sp³-hybridized carbons (Fsp3) is 0.714. The van der Waals surface area contributed by atoms with Crippen molar-refractivity contribution in [3.8, 4) is 0 Å². The summed E-state index contributed by atoms with van der Waals surface area (Å²) in [6, 6.07) is 5.92. The van der Waals surface area contributed by atoms with Crippen molar-refractivity contribution in [1.29, 1.82) is 0 Å². The van der Waals surface area contributed by atoms with Gasteiger partial charge in [-0.05, 0) is 107 Å². The van der Waals surface area contributed by atoms with Gasteiger partial charge in [0.25, 0.3) is 5.91 Å². The number of Topliss-reactive ketones (excluding diaryl/α,β-unsaturated/α-hetero) is 1. The molecule has 4 saturated carbocycles. The first-order chi connectivity index (χ1) is 27.6. The van der Waals surface area contributed by atoms with Crippen LogP contribution in [0.5, 0.6) is 0 Å². The average molecular weight is 781 g/mol. The third-order valence-electron chi connectivity index (χ3n) is 15.2. The van der Waals surface area contributed by atoms with Crippen LogP contribution in [0.4, 0.5) is 11.4 Å². The van der Waals surface area contributed by atoms with Crippen molar-refractivity contribution >= 4 is 40.3 Å². The first-order valence-corrected chi connectivity index (χ1v) is 23.5. The van der Waals surface area contributed by atoms with Gasteiger partial charge in [-0.25, -0.2) is 5.01 Å². The summed E-state index contributed by atoms with van der Waals surface area (Å²) >= 11 is 0. The van der Waals surface area contributed by atoms with Crippen LogP contribution in [0, 0.1) is 29.1 Å². The van der Waals surface area contributed by atoms with Crippen LogP contribution in [0.2, 0.25) is 0 Å². The fourth-order valence-electron chi connectivity index (χ4n) is 11.2. The van der Waals surface area contributed by atoms with Gasteiger partial charge < -0.3 is 15.3 Å². The molecule has 0 spiro atoms. The van der Waals surface area contributed by atoms with E-state index in [1.165, 1.54) is 96.3 Å². The Morgan fingerprint density at radius 3 is 1.96 bits per heavy atom. The van der Waals surface area contributed by atoms with Gasteiger partial charge in [-0.2, -0.15) is 5.10 Å². The number of aliphatic hydroxyl groups is 1. The van der Waals surface area contributed by atoms with Crippen LogP contribution in [-0.4, -0.2) is 52.6 Å². The lowest BCUT2D eigenvalue weighted by molar-refractivity contribution is -0.131. The monoisotopic (exact) mass is 781 g/mol. The molecular weight excluding hydrogens is 709 g/mol. The third-order valence-corrected chi connectivity index (χ3v) is 15.2. The number of nitrogens with one attached hydrogen (secondary N) is 1. The Kier molecular flexibility index (Phi) is 13.7. The van der Waals surface area contributed by atoms with Gasteiger partial charge in [0.2, 0.25) is 11.7 Å². The van der Waals surface area contributed by atoms with Crippen LogP contribution in [0.3, 0.4) is 0 Å². The maximum Gasteiger partial charge on any atom is 0.277 e. The second kappa shape index (κ2) is 18.7. The summed E-state index contributed by atoms with van der Waals surface area (Å²) in [4.78, 5) is 45.6.